The molecule has 0 saturated heterocycles. The Labute approximate surface area is 117 Å². The van der Waals surface area contributed by atoms with Crippen LogP contribution in [0, 0.1) is 23.1 Å². The molecular formula is C14H15FN2O2S. The second kappa shape index (κ2) is 4.83. The fraction of sp³-hybridized carbons (Fsp3) is 0.500. The Hall–Kier alpha value is -1.45. The molecule has 20 heavy (non-hydrogen) atoms. The highest BCUT2D eigenvalue weighted by atomic mass is 32.2. The monoisotopic (exact) mass is 294 g/mol. The molecule has 0 aromatic heterocycles. The van der Waals surface area contributed by atoms with E-state index in [-0.39, 0.29) is 16.5 Å². The van der Waals surface area contributed by atoms with E-state index < -0.39 is 15.8 Å². The molecule has 0 unspecified atom stereocenters. The Balaban J connectivity index is 1.95. The maximum Gasteiger partial charge on any atom is 0.243 e. The highest BCUT2D eigenvalue weighted by Crippen LogP contribution is 2.38. The number of nitriles is 1. The molecule has 1 aromatic rings. The topological polar surface area (TPSA) is 61.2 Å². The van der Waals surface area contributed by atoms with Crippen molar-refractivity contribution < 1.29 is 12.8 Å². The van der Waals surface area contributed by atoms with Crippen LogP contribution in [0.4, 0.5) is 4.39 Å². The maximum atomic E-state index is 13.3. The summed E-state index contributed by atoms with van der Waals surface area (Å²) >= 11 is 0. The van der Waals surface area contributed by atoms with Crippen molar-refractivity contribution in [3.8, 4) is 6.07 Å². The van der Waals surface area contributed by atoms with Crippen LogP contribution in [0.15, 0.2) is 23.1 Å². The summed E-state index contributed by atoms with van der Waals surface area (Å²) in [5, 5.41) is 8.83. The van der Waals surface area contributed by atoms with Gasteiger partial charge in [-0.2, -0.15) is 9.57 Å². The summed E-state index contributed by atoms with van der Waals surface area (Å²) in [7, 11) is -3.63. The Morgan fingerprint density at radius 3 is 2.55 bits per heavy atom. The van der Waals surface area contributed by atoms with Crippen molar-refractivity contribution in [1.82, 2.24) is 4.31 Å². The fourth-order valence-corrected chi connectivity index (χ4v) is 4.03. The van der Waals surface area contributed by atoms with Crippen LogP contribution in [0.3, 0.4) is 0 Å². The zero-order valence-corrected chi connectivity index (χ0v) is 11.7. The van der Waals surface area contributed by atoms with Gasteiger partial charge in [-0.1, -0.05) is 0 Å². The van der Waals surface area contributed by atoms with Crippen LogP contribution in [-0.4, -0.2) is 25.3 Å². The number of halogens is 1. The first-order chi connectivity index (χ1) is 9.52. The van der Waals surface area contributed by atoms with Crippen LogP contribution in [-0.2, 0) is 10.0 Å². The minimum atomic E-state index is -3.63. The minimum Gasteiger partial charge on any atom is -0.207 e. The molecule has 0 amide bonds. The van der Waals surface area contributed by atoms with Crippen molar-refractivity contribution in [2.75, 3.05) is 6.54 Å². The average Bonchev–Trinajstić information content (AvgIpc) is 3.28. The molecule has 2 saturated carbocycles. The molecule has 6 heteroatoms. The standard InChI is InChI=1S/C14H15FN2O2S/c15-14-6-5-13(7-11(14)8-16)20(18,19)17(12-3-4-12)9-10-1-2-10/h5-7,10,12H,1-4,9H2. The Morgan fingerprint density at radius 1 is 1.30 bits per heavy atom. The molecule has 0 N–H and O–H groups in total. The molecule has 0 heterocycles. The van der Waals surface area contributed by atoms with E-state index in [2.05, 4.69) is 0 Å². The largest absolute Gasteiger partial charge is 0.243 e. The molecule has 2 aliphatic rings. The lowest BCUT2D eigenvalue weighted by Gasteiger charge is -2.21. The highest BCUT2D eigenvalue weighted by Gasteiger charge is 2.41. The van der Waals surface area contributed by atoms with E-state index in [9.17, 15) is 12.8 Å². The first-order valence-electron chi connectivity index (χ1n) is 6.74. The lowest BCUT2D eigenvalue weighted by Crippen LogP contribution is -2.35. The summed E-state index contributed by atoms with van der Waals surface area (Å²) < 4.78 is 40.2. The second-order valence-corrected chi connectivity index (χ2v) is 7.39. The van der Waals surface area contributed by atoms with Crippen LogP contribution >= 0.6 is 0 Å². The molecular weight excluding hydrogens is 279 g/mol. The third-order valence-corrected chi connectivity index (χ3v) is 5.67. The quantitative estimate of drug-likeness (QED) is 0.837. The van der Waals surface area contributed by atoms with Crippen molar-refractivity contribution >= 4 is 10.0 Å². The summed E-state index contributed by atoms with van der Waals surface area (Å²) in [6, 6.07) is 5.19. The maximum absolute atomic E-state index is 13.3. The van der Waals surface area contributed by atoms with Gasteiger partial charge in [0.15, 0.2) is 0 Å². The van der Waals surface area contributed by atoms with Crippen LogP contribution in [0.5, 0.6) is 0 Å². The predicted molar refractivity (Wildman–Crippen MR) is 70.8 cm³/mol. The second-order valence-electron chi connectivity index (χ2n) is 5.50. The molecule has 0 spiro atoms. The number of rotatable bonds is 5. The Bertz CT molecular complexity index is 673. The van der Waals surface area contributed by atoms with Crippen LogP contribution < -0.4 is 0 Å². The Kier molecular flexibility index (Phi) is 3.27. The number of hydrogen-bond acceptors (Lipinski definition) is 3. The van der Waals surface area contributed by atoms with Crippen molar-refractivity contribution in [2.24, 2.45) is 5.92 Å². The van der Waals surface area contributed by atoms with E-state index in [0.717, 1.165) is 37.8 Å². The van der Waals surface area contributed by atoms with Gasteiger partial charge in [0, 0.05) is 12.6 Å². The van der Waals surface area contributed by atoms with Crippen LogP contribution in [0.2, 0.25) is 0 Å². The molecule has 106 valence electrons. The van der Waals surface area contributed by atoms with E-state index in [4.69, 9.17) is 5.26 Å². The van der Waals surface area contributed by atoms with E-state index in [0.29, 0.717) is 12.5 Å². The molecule has 2 fully saturated rings. The van der Waals surface area contributed by atoms with E-state index in [1.807, 2.05) is 0 Å². The normalized spacial score (nSPS) is 19.1. The van der Waals surface area contributed by atoms with Crippen molar-refractivity contribution in [1.29, 1.82) is 5.26 Å². The average molecular weight is 294 g/mol. The molecule has 0 aliphatic heterocycles. The third-order valence-electron chi connectivity index (χ3n) is 3.75. The van der Waals surface area contributed by atoms with Gasteiger partial charge < -0.3 is 0 Å². The van der Waals surface area contributed by atoms with E-state index in [1.54, 1.807) is 10.4 Å². The van der Waals surface area contributed by atoms with Gasteiger partial charge in [-0.15, -0.1) is 0 Å². The lowest BCUT2D eigenvalue weighted by atomic mass is 10.2. The van der Waals surface area contributed by atoms with Gasteiger partial charge in [-0.05, 0) is 49.8 Å². The summed E-state index contributed by atoms with van der Waals surface area (Å²) in [5.74, 6) is -0.229. The number of nitrogens with zero attached hydrogens (tertiary/aromatic N) is 2. The fourth-order valence-electron chi connectivity index (χ4n) is 2.25. The van der Waals surface area contributed by atoms with Gasteiger partial charge >= 0.3 is 0 Å². The molecule has 0 bridgehead atoms. The van der Waals surface area contributed by atoms with E-state index >= 15 is 0 Å². The van der Waals surface area contributed by atoms with Gasteiger partial charge in [0.2, 0.25) is 10.0 Å². The van der Waals surface area contributed by atoms with Crippen molar-refractivity contribution in [3.63, 3.8) is 0 Å². The van der Waals surface area contributed by atoms with Gasteiger partial charge in [0.25, 0.3) is 0 Å². The Morgan fingerprint density at radius 2 is 2.00 bits per heavy atom. The molecule has 4 nitrogen and oxygen atoms in total. The highest BCUT2D eigenvalue weighted by molar-refractivity contribution is 7.89. The van der Waals surface area contributed by atoms with Gasteiger partial charge in [-0.25, -0.2) is 12.8 Å². The zero-order valence-electron chi connectivity index (χ0n) is 10.9. The van der Waals surface area contributed by atoms with Crippen LogP contribution in [0.1, 0.15) is 31.2 Å². The van der Waals surface area contributed by atoms with Crippen molar-refractivity contribution in [2.45, 2.75) is 36.6 Å². The SMILES string of the molecule is N#Cc1cc(S(=O)(=O)N(CC2CC2)C2CC2)ccc1F. The predicted octanol–water partition coefficient (Wildman–Crippen LogP) is 2.26. The first kappa shape index (κ1) is 13.5. The lowest BCUT2D eigenvalue weighted by molar-refractivity contribution is 0.388. The minimum absolute atomic E-state index is 0.0167. The zero-order chi connectivity index (χ0) is 14.3. The molecule has 0 atom stereocenters. The number of hydrogen-bond donors (Lipinski definition) is 0. The molecule has 0 radical (unpaired) electrons. The van der Waals surface area contributed by atoms with Gasteiger partial charge in [-0.3, -0.25) is 0 Å². The number of benzene rings is 1. The van der Waals surface area contributed by atoms with Crippen LogP contribution in [0.25, 0.3) is 0 Å². The third kappa shape index (κ3) is 2.56. The van der Waals surface area contributed by atoms with E-state index in [1.165, 1.54) is 6.07 Å². The van der Waals surface area contributed by atoms with Crippen molar-refractivity contribution in [3.05, 3.63) is 29.6 Å². The first-order valence-corrected chi connectivity index (χ1v) is 8.18. The van der Waals surface area contributed by atoms with Gasteiger partial charge in [0.1, 0.15) is 11.9 Å². The summed E-state index contributed by atoms with van der Waals surface area (Å²) in [6.07, 6.45) is 3.92. The number of sulfonamides is 1. The summed E-state index contributed by atoms with van der Waals surface area (Å²) in [4.78, 5) is 0.0167. The summed E-state index contributed by atoms with van der Waals surface area (Å²) in [5.41, 5.74) is -0.228. The summed E-state index contributed by atoms with van der Waals surface area (Å²) in [6.45, 7) is 0.548. The molecule has 2 aliphatic carbocycles. The molecule has 1 aromatic carbocycles. The van der Waals surface area contributed by atoms with Gasteiger partial charge in [0.05, 0.1) is 10.5 Å². The smallest absolute Gasteiger partial charge is 0.207 e. The molecule has 3 rings (SSSR count).